The van der Waals surface area contributed by atoms with Gasteiger partial charge in [-0.15, -0.1) is 0 Å². The highest BCUT2D eigenvalue weighted by Crippen LogP contribution is 2.02. The number of carbonyl (C=O) groups excluding carboxylic acids is 2. The van der Waals surface area contributed by atoms with Crippen molar-refractivity contribution in [3.8, 4) is 0 Å². The molecule has 2 heterocycles. The Labute approximate surface area is 142 Å². The highest BCUT2D eigenvalue weighted by molar-refractivity contribution is 5.72. The van der Waals surface area contributed by atoms with Crippen LogP contribution in [0, 0.1) is 5.92 Å². The second-order valence-electron chi connectivity index (χ2n) is 6.25. The van der Waals surface area contributed by atoms with Crippen LogP contribution < -0.4 is 0 Å². The first-order valence-electron chi connectivity index (χ1n) is 8.55. The molecule has 0 aromatic rings. The van der Waals surface area contributed by atoms with Crippen LogP contribution in [0.2, 0.25) is 0 Å². The SMILES string of the molecule is CC(COC(=O)CN1CCOCC1)COC(=O)CN1CCOCC1. The van der Waals surface area contributed by atoms with Crippen molar-refractivity contribution in [3.63, 3.8) is 0 Å². The largest absolute Gasteiger partial charge is 0.464 e. The van der Waals surface area contributed by atoms with Gasteiger partial charge in [-0.2, -0.15) is 0 Å². The fourth-order valence-corrected chi connectivity index (χ4v) is 2.49. The normalized spacial score (nSPS) is 20.1. The summed E-state index contributed by atoms with van der Waals surface area (Å²) in [6, 6.07) is 0. The summed E-state index contributed by atoms with van der Waals surface area (Å²) in [6.45, 7) is 8.62. The van der Waals surface area contributed by atoms with Gasteiger partial charge in [0.05, 0.1) is 52.7 Å². The smallest absolute Gasteiger partial charge is 0.320 e. The lowest BCUT2D eigenvalue weighted by Crippen LogP contribution is -2.40. The lowest BCUT2D eigenvalue weighted by molar-refractivity contribution is -0.150. The van der Waals surface area contributed by atoms with Gasteiger partial charge in [0.2, 0.25) is 0 Å². The number of nitrogens with zero attached hydrogens (tertiary/aromatic N) is 2. The lowest BCUT2D eigenvalue weighted by Gasteiger charge is -2.26. The molecule has 0 aromatic carbocycles. The van der Waals surface area contributed by atoms with E-state index in [1.807, 2.05) is 16.7 Å². The Morgan fingerprint density at radius 1 is 0.833 bits per heavy atom. The van der Waals surface area contributed by atoms with Crippen molar-refractivity contribution in [2.75, 3.05) is 78.9 Å². The van der Waals surface area contributed by atoms with Crippen LogP contribution in [0.4, 0.5) is 0 Å². The molecule has 2 fully saturated rings. The molecular formula is C16H28N2O6. The third-order valence-corrected chi connectivity index (χ3v) is 3.97. The molecule has 0 N–H and O–H groups in total. The van der Waals surface area contributed by atoms with Gasteiger partial charge in [0.15, 0.2) is 0 Å². The van der Waals surface area contributed by atoms with Crippen molar-refractivity contribution < 1.29 is 28.5 Å². The molecule has 0 unspecified atom stereocenters. The molecule has 2 aliphatic rings. The molecule has 8 heteroatoms. The lowest BCUT2D eigenvalue weighted by atomic mass is 10.2. The van der Waals surface area contributed by atoms with Crippen molar-refractivity contribution in [3.05, 3.63) is 0 Å². The topological polar surface area (TPSA) is 77.5 Å². The Morgan fingerprint density at radius 2 is 1.21 bits per heavy atom. The Hall–Kier alpha value is -1.22. The van der Waals surface area contributed by atoms with E-state index in [1.165, 1.54) is 0 Å². The summed E-state index contributed by atoms with van der Waals surface area (Å²) in [5, 5.41) is 0. The van der Waals surface area contributed by atoms with Gasteiger partial charge < -0.3 is 18.9 Å². The van der Waals surface area contributed by atoms with E-state index in [0.717, 1.165) is 26.2 Å². The molecule has 0 radical (unpaired) electrons. The predicted octanol–water partition coefficient (Wildman–Crippen LogP) is -0.627. The van der Waals surface area contributed by atoms with E-state index in [0.29, 0.717) is 26.4 Å². The van der Waals surface area contributed by atoms with Crippen molar-refractivity contribution in [1.82, 2.24) is 9.80 Å². The van der Waals surface area contributed by atoms with E-state index in [2.05, 4.69) is 0 Å². The minimum absolute atomic E-state index is 0.0210. The van der Waals surface area contributed by atoms with Crippen LogP contribution >= 0.6 is 0 Å². The number of esters is 2. The van der Waals surface area contributed by atoms with Gasteiger partial charge in [0.1, 0.15) is 0 Å². The second-order valence-corrected chi connectivity index (χ2v) is 6.25. The van der Waals surface area contributed by atoms with Gasteiger partial charge in [0.25, 0.3) is 0 Å². The first kappa shape index (κ1) is 19.1. The third kappa shape index (κ3) is 7.57. The summed E-state index contributed by atoms with van der Waals surface area (Å²) in [5.74, 6) is -0.515. The quantitative estimate of drug-likeness (QED) is 0.539. The molecule has 0 saturated carbocycles. The minimum atomic E-state index is -0.247. The maximum atomic E-state index is 11.8. The molecule has 2 saturated heterocycles. The van der Waals surface area contributed by atoms with Gasteiger partial charge in [-0.05, 0) is 0 Å². The Bertz CT molecular complexity index is 358. The molecule has 0 bridgehead atoms. The van der Waals surface area contributed by atoms with Crippen LogP contribution in [0.1, 0.15) is 6.92 Å². The van der Waals surface area contributed by atoms with E-state index in [-0.39, 0.29) is 44.2 Å². The van der Waals surface area contributed by atoms with Crippen LogP contribution in [0.3, 0.4) is 0 Å². The summed E-state index contributed by atoms with van der Waals surface area (Å²) in [6.07, 6.45) is 0. The van der Waals surface area contributed by atoms with Crippen molar-refractivity contribution in [2.45, 2.75) is 6.92 Å². The number of ether oxygens (including phenoxy) is 4. The maximum absolute atomic E-state index is 11.8. The Morgan fingerprint density at radius 3 is 1.58 bits per heavy atom. The zero-order chi connectivity index (χ0) is 17.2. The molecule has 2 rings (SSSR count). The molecular weight excluding hydrogens is 316 g/mol. The molecule has 0 amide bonds. The summed E-state index contributed by atoms with van der Waals surface area (Å²) in [4.78, 5) is 27.6. The standard InChI is InChI=1S/C16H28N2O6/c1-14(12-23-15(19)10-17-2-6-21-7-3-17)13-24-16(20)11-18-4-8-22-9-5-18/h14H,2-13H2,1H3. The molecule has 0 aliphatic carbocycles. The predicted molar refractivity (Wildman–Crippen MR) is 85.6 cm³/mol. The van der Waals surface area contributed by atoms with E-state index in [1.54, 1.807) is 0 Å². The van der Waals surface area contributed by atoms with Crippen molar-refractivity contribution in [2.24, 2.45) is 5.92 Å². The molecule has 0 aromatic heterocycles. The number of hydrogen-bond acceptors (Lipinski definition) is 8. The number of carbonyl (C=O) groups is 2. The number of hydrogen-bond donors (Lipinski definition) is 0. The van der Waals surface area contributed by atoms with Gasteiger partial charge in [0, 0.05) is 32.1 Å². The average Bonchev–Trinajstić information content (AvgIpc) is 2.60. The summed E-state index contributed by atoms with van der Waals surface area (Å²) in [7, 11) is 0. The number of rotatable bonds is 8. The first-order valence-corrected chi connectivity index (χ1v) is 8.55. The Balaban J connectivity index is 1.52. The fraction of sp³-hybridized carbons (Fsp3) is 0.875. The highest BCUT2D eigenvalue weighted by atomic mass is 16.5. The maximum Gasteiger partial charge on any atom is 0.320 e. The molecule has 0 atom stereocenters. The monoisotopic (exact) mass is 344 g/mol. The number of morpholine rings is 2. The van der Waals surface area contributed by atoms with E-state index in [4.69, 9.17) is 18.9 Å². The first-order chi connectivity index (χ1) is 11.6. The molecule has 0 spiro atoms. The van der Waals surface area contributed by atoms with Gasteiger partial charge in [-0.3, -0.25) is 19.4 Å². The highest BCUT2D eigenvalue weighted by Gasteiger charge is 2.18. The van der Waals surface area contributed by atoms with Crippen LogP contribution in [0.5, 0.6) is 0 Å². The summed E-state index contributed by atoms with van der Waals surface area (Å²) >= 11 is 0. The fourth-order valence-electron chi connectivity index (χ4n) is 2.49. The molecule has 138 valence electrons. The van der Waals surface area contributed by atoms with Crippen molar-refractivity contribution in [1.29, 1.82) is 0 Å². The third-order valence-electron chi connectivity index (χ3n) is 3.97. The summed E-state index contributed by atoms with van der Waals surface area (Å²) < 4.78 is 21.0. The van der Waals surface area contributed by atoms with E-state index in [9.17, 15) is 9.59 Å². The van der Waals surface area contributed by atoms with E-state index < -0.39 is 0 Å². The van der Waals surface area contributed by atoms with Gasteiger partial charge in [-0.1, -0.05) is 6.92 Å². The minimum Gasteiger partial charge on any atom is -0.464 e. The van der Waals surface area contributed by atoms with Crippen LogP contribution in [0.25, 0.3) is 0 Å². The van der Waals surface area contributed by atoms with Crippen LogP contribution in [0.15, 0.2) is 0 Å². The van der Waals surface area contributed by atoms with Crippen molar-refractivity contribution >= 4 is 11.9 Å². The molecule has 8 nitrogen and oxygen atoms in total. The van der Waals surface area contributed by atoms with Gasteiger partial charge >= 0.3 is 11.9 Å². The average molecular weight is 344 g/mol. The molecule has 2 aliphatic heterocycles. The van der Waals surface area contributed by atoms with Gasteiger partial charge in [-0.25, -0.2) is 0 Å². The zero-order valence-corrected chi connectivity index (χ0v) is 14.4. The van der Waals surface area contributed by atoms with Crippen LogP contribution in [-0.2, 0) is 28.5 Å². The second kappa shape index (κ2) is 10.6. The Kier molecular flexibility index (Phi) is 8.44. The zero-order valence-electron chi connectivity index (χ0n) is 14.4. The van der Waals surface area contributed by atoms with Crippen LogP contribution in [-0.4, -0.2) is 101 Å². The van der Waals surface area contributed by atoms with E-state index >= 15 is 0 Å². The molecule has 24 heavy (non-hydrogen) atoms. The summed E-state index contributed by atoms with van der Waals surface area (Å²) in [5.41, 5.74) is 0.